The SMILES string of the molecule is COc1ccc(-c2ccc3nnc(CN)n3n2)cc1Br. The largest absolute Gasteiger partial charge is 0.496 e. The Morgan fingerprint density at radius 1 is 1.25 bits per heavy atom. The zero-order valence-electron chi connectivity index (χ0n) is 10.7. The zero-order valence-corrected chi connectivity index (χ0v) is 12.3. The fraction of sp³-hybridized carbons (Fsp3) is 0.154. The standard InChI is InChI=1S/C13H12BrN5O/c1-20-11-4-2-8(6-9(11)14)10-3-5-12-16-17-13(7-15)19(12)18-10/h2-6H,7,15H2,1H3. The molecule has 20 heavy (non-hydrogen) atoms. The van der Waals surface area contributed by atoms with Crippen molar-refractivity contribution in [2.24, 2.45) is 5.73 Å². The van der Waals surface area contributed by atoms with Crippen molar-refractivity contribution in [3.8, 4) is 17.0 Å². The number of hydrogen-bond acceptors (Lipinski definition) is 5. The van der Waals surface area contributed by atoms with Crippen LogP contribution in [0.15, 0.2) is 34.8 Å². The zero-order chi connectivity index (χ0) is 14.1. The van der Waals surface area contributed by atoms with Crippen molar-refractivity contribution in [3.63, 3.8) is 0 Å². The van der Waals surface area contributed by atoms with Crippen molar-refractivity contribution < 1.29 is 4.74 Å². The van der Waals surface area contributed by atoms with Gasteiger partial charge in [0, 0.05) is 5.56 Å². The summed E-state index contributed by atoms with van der Waals surface area (Å²) in [4.78, 5) is 0. The molecule has 1 aromatic carbocycles. The molecule has 0 fully saturated rings. The van der Waals surface area contributed by atoms with Gasteiger partial charge in [0.25, 0.3) is 0 Å². The molecule has 0 atom stereocenters. The first-order chi connectivity index (χ1) is 9.72. The van der Waals surface area contributed by atoms with Crippen LogP contribution in [0.4, 0.5) is 0 Å². The normalized spacial score (nSPS) is 10.9. The molecule has 0 aliphatic heterocycles. The van der Waals surface area contributed by atoms with Crippen LogP contribution in [0.1, 0.15) is 5.82 Å². The van der Waals surface area contributed by atoms with Gasteiger partial charge in [-0.05, 0) is 46.3 Å². The maximum atomic E-state index is 5.62. The van der Waals surface area contributed by atoms with Gasteiger partial charge in [-0.3, -0.25) is 0 Å². The highest BCUT2D eigenvalue weighted by molar-refractivity contribution is 9.10. The molecule has 2 N–H and O–H groups in total. The summed E-state index contributed by atoms with van der Waals surface area (Å²) in [6.45, 7) is 0.296. The van der Waals surface area contributed by atoms with Gasteiger partial charge in [0.2, 0.25) is 0 Å². The van der Waals surface area contributed by atoms with Gasteiger partial charge in [0.05, 0.1) is 23.8 Å². The molecule has 3 aromatic rings. The van der Waals surface area contributed by atoms with E-state index in [4.69, 9.17) is 10.5 Å². The number of benzene rings is 1. The number of nitrogens with zero attached hydrogens (tertiary/aromatic N) is 4. The fourth-order valence-electron chi connectivity index (χ4n) is 1.94. The number of hydrogen-bond donors (Lipinski definition) is 1. The van der Waals surface area contributed by atoms with E-state index in [0.717, 1.165) is 21.5 Å². The Hall–Kier alpha value is -1.99. The topological polar surface area (TPSA) is 78.3 Å². The van der Waals surface area contributed by atoms with Gasteiger partial charge < -0.3 is 10.5 Å². The van der Waals surface area contributed by atoms with Gasteiger partial charge in [0.15, 0.2) is 11.5 Å². The van der Waals surface area contributed by atoms with Crippen LogP contribution in [0, 0.1) is 0 Å². The first-order valence-corrected chi connectivity index (χ1v) is 6.77. The molecule has 0 amide bonds. The second-order valence-corrected chi connectivity index (χ2v) is 5.01. The van der Waals surface area contributed by atoms with Gasteiger partial charge in [0.1, 0.15) is 5.75 Å². The van der Waals surface area contributed by atoms with E-state index in [2.05, 4.69) is 31.2 Å². The number of ether oxygens (including phenoxy) is 1. The highest BCUT2D eigenvalue weighted by Crippen LogP contribution is 2.29. The molecule has 0 radical (unpaired) electrons. The Bertz CT molecular complexity index is 771. The van der Waals surface area contributed by atoms with Crippen LogP contribution < -0.4 is 10.5 Å². The fourth-order valence-corrected chi connectivity index (χ4v) is 2.48. The second-order valence-electron chi connectivity index (χ2n) is 4.16. The minimum atomic E-state index is 0.296. The van der Waals surface area contributed by atoms with Gasteiger partial charge >= 0.3 is 0 Å². The molecule has 0 unspecified atom stereocenters. The van der Waals surface area contributed by atoms with Crippen molar-refractivity contribution in [3.05, 3.63) is 40.6 Å². The summed E-state index contributed by atoms with van der Waals surface area (Å²) in [5.41, 5.74) is 8.09. The minimum Gasteiger partial charge on any atom is -0.496 e. The lowest BCUT2D eigenvalue weighted by Gasteiger charge is -2.06. The number of aromatic nitrogens is 4. The molecule has 0 spiro atoms. The Balaban J connectivity index is 2.11. The molecule has 102 valence electrons. The number of fused-ring (bicyclic) bond motifs is 1. The summed E-state index contributed by atoms with van der Waals surface area (Å²) in [5, 5.41) is 12.5. The number of methoxy groups -OCH3 is 1. The molecule has 2 heterocycles. The molecule has 0 saturated heterocycles. The average Bonchev–Trinajstić information content (AvgIpc) is 2.89. The Kier molecular flexibility index (Phi) is 3.37. The van der Waals surface area contributed by atoms with Crippen molar-refractivity contribution in [1.82, 2.24) is 19.8 Å². The van der Waals surface area contributed by atoms with Crippen LogP contribution >= 0.6 is 15.9 Å². The van der Waals surface area contributed by atoms with Crippen LogP contribution in [0.2, 0.25) is 0 Å². The van der Waals surface area contributed by atoms with Gasteiger partial charge in [-0.25, -0.2) is 0 Å². The van der Waals surface area contributed by atoms with Crippen LogP contribution in [-0.4, -0.2) is 26.9 Å². The predicted molar refractivity (Wildman–Crippen MR) is 78.4 cm³/mol. The number of nitrogens with two attached hydrogens (primary N) is 1. The highest BCUT2D eigenvalue weighted by atomic mass is 79.9. The molecule has 0 saturated carbocycles. The first-order valence-electron chi connectivity index (χ1n) is 5.98. The third kappa shape index (κ3) is 2.14. The van der Waals surface area contributed by atoms with Crippen LogP contribution in [-0.2, 0) is 6.54 Å². The van der Waals surface area contributed by atoms with E-state index in [1.54, 1.807) is 11.6 Å². The van der Waals surface area contributed by atoms with E-state index >= 15 is 0 Å². The third-order valence-corrected chi connectivity index (χ3v) is 3.58. The maximum absolute atomic E-state index is 5.62. The van der Waals surface area contributed by atoms with Gasteiger partial charge in [-0.15, -0.1) is 10.2 Å². The van der Waals surface area contributed by atoms with Crippen molar-refractivity contribution in [1.29, 1.82) is 0 Å². The second kappa shape index (κ2) is 5.18. The van der Waals surface area contributed by atoms with E-state index < -0.39 is 0 Å². The third-order valence-electron chi connectivity index (χ3n) is 2.96. The van der Waals surface area contributed by atoms with Crippen LogP contribution in [0.5, 0.6) is 5.75 Å². The monoisotopic (exact) mass is 333 g/mol. The lowest BCUT2D eigenvalue weighted by molar-refractivity contribution is 0.412. The Morgan fingerprint density at radius 3 is 2.80 bits per heavy atom. The Morgan fingerprint density at radius 2 is 2.10 bits per heavy atom. The summed E-state index contributed by atoms with van der Waals surface area (Å²) in [6.07, 6.45) is 0. The lowest BCUT2D eigenvalue weighted by atomic mass is 10.1. The van der Waals surface area contributed by atoms with Crippen LogP contribution in [0.25, 0.3) is 16.9 Å². The number of halogens is 1. The van der Waals surface area contributed by atoms with Gasteiger partial charge in [-0.2, -0.15) is 9.61 Å². The summed E-state index contributed by atoms with van der Waals surface area (Å²) in [6, 6.07) is 9.57. The Labute approximate surface area is 123 Å². The summed E-state index contributed by atoms with van der Waals surface area (Å²) < 4.78 is 7.76. The van der Waals surface area contributed by atoms with E-state index in [1.807, 2.05) is 30.3 Å². The number of rotatable bonds is 3. The van der Waals surface area contributed by atoms with Crippen molar-refractivity contribution >= 4 is 21.6 Å². The molecule has 0 aliphatic rings. The smallest absolute Gasteiger partial charge is 0.177 e. The quantitative estimate of drug-likeness (QED) is 0.793. The molecule has 0 aliphatic carbocycles. The summed E-state index contributed by atoms with van der Waals surface area (Å²) >= 11 is 3.47. The van der Waals surface area contributed by atoms with E-state index in [1.165, 1.54) is 0 Å². The van der Waals surface area contributed by atoms with Crippen LogP contribution in [0.3, 0.4) is 0 Å². The highest BCUT2D eigenvalue weighted by Gasteiger charge is 2.09. The molecule has 6 nitrogen and oxygen atoms in total. The van der Waals surface area contributed by atoms with E-state index in [-0.39, 0.29) is 0 Å². The summed E-state index contributed by atoms with van der Waals surface area (Å²) in [5.74, 6) is 1.41. The van der Waals surface area contributed by atoms with E-state index in [0.29, 0.717) is 18.0 Å². The summed E-state index contributed by atoms with van der Waals surface area (Å²) in [7, 11) is 1.63. The van der Waals surface area contributed by atoms with Crippen molar-refractivity contribution in [2.75, 3.05) is 7.11 Å². The lowest BCUT2D eigenvalue weighted by Crippen LogP contribution is -2.05. The van der Waals surface area contributed by atoms with Gasteiger partial charge in [-0.1, -0.05) is 0 Å². The predicted octanol–water partition coefficient (Wildman–Crippen LogP) is 2.02. The molecule has 7 heteroatoms. The molecule has 0 bridgehead atoms. The van der Waals surface area contributed by atoms with E-state index in [9.17, 15) is 0 Å². The molecular weight excluding hydrogens is 322 g/mol. The molecular formula is C13H12BrN5O. The maximum Gasteiger partial charge on any atom is 0.177 e. The minimum absolute atomic E-state index is 0.296. The van der Waals surface area contributed by atoms with Crippen molar-refractivity contribution in [2.45, 2.75) is 6.54 Å². The molecule has 2 aromatic heterocycles. The average molecular weight is 334 g/mol. The molecule has 3 rings (SSSR count). The first kappa shape index (κ1) is 13.0.